The van der Waals surface area contributed by atoms with Gasteiger partial charge in [-0.1, -0.05) is 38.0 Å². The molecule has 1 aromatic carbocycles. The number of fused-ring (bicyclic) bond motifs is 1. The molecule has 1 amide bonds. The Morgan fingerprint density at radius 1 is 1.17 bits per heavy atom. The highest BCUT2D eigenvalue weighted by Crippen LogP contribution is 2.42. The van der Waals surface area contributed by atoms with Crippen LogP contribution in [0.25, 0.3) is 10.9 Å². The van der Waals surface area contributed by atoms with Crippen molar-refractivity contribution in [3.63, 3.8) is 0 Å². The van der Waals surface area contributed by atoms with Gasteiger partial charge in [-0.15, -0.1) is 0 Å². The van der Waals surface area contributed by atoms with Gasteiger partial charge in [0, 0.05) is 34.6 Å². The number of ketones is 1. The first-order valence-electron chi connectivity index (χ1n) is 10.8. The molecule has 6 nitrogen and oxygen atoms in total. The average Bonchev–Trinajstić information content (AvgIpc) is 3.31. The number of ether oxygens (including phenoxy) is 1. The molecule has 0 unspecified atom stereocenters. The van der Waals surface area contributed by atoms with E-state index in [0.717, 1.165) is 35.7 Å². The van der Waals surface area contributed by atoms with Crippen molar-refractivity contribution < 1.29 is 19.1 Å². The standard InChI is InChI=1S/C24H32N2O4/c1-5-16-9-8-10-17-18(14-25-21(16)17)19(27)15-30-22(29)24(11-6-7-12-24)13-20(28)26-23(2,3)4/h8-10,14,25H,5-7,11-13,15H2,1-4H3,(H,26,28). The molecule has 1 aromatic heterocycles. The van der Waals surface area contributed by atoms with Gasteiger partial charge in [0.2, 0.25) is 11.7 Å². The lowest BCUT2D eigenvalue weighted by Gasteiger charge is -2.28. The fourth-order valence-corrected chi connectivity index (χ4v) is 4.38. The van der Waals surface area contributed by atoms with Crippen molar-refractivity contribution in [3.8, 4) is 0 Å². The van der Waals surface area contributed by atoms with Gasteiger partial charge in [0.05, 0.1) is 5.41 Å². The summed E-state index contributed by atoms with van der Waals surface area (Å²) in [5.74, 6) is -0.835. The molecule has 0 spiro atoms. The Bertz CT molecular complexity index is 946. The van der Waals surface area contributed by atoms with Crippen LogP contribution in [0.1, 0.15) is 75.7 Å². The molecule has 0 bridgehead atoms. The molecule has 1 heterocycles. The highest BCUT2D eigenvalue weighted by molar-refractivity contribution is 6.09. The van der Waals surface area contributed by atoms with Gasteiger partial charge in [0.15, 0.2) is 6.61 Å². The van der Waals surface area contributed by atoms with Crippen LogP contribution < -0.4 is 5.32 Å². The summed E-state index contributed by atoms with van der Waals surface area (Å²) in [6, 6.07) is 5.86. The summed E-state index contributed by atoms with van der Waals surface area (Å²) in [5, 5.41) is 3.77. The lowest BCUT2D eigenvalue weighted by Crippen LogP contribution is -2.44. The minimum atomic E-state index is -0.828. The first kappa shape index (κ1) is 22.1. The number of benzene rings is 1. The van der Waals surface area contributed by atoms with Crippen molar-refractivity contribution in [2.75, 3.05) is 6.61 Å². The summed E-state index contributed by atoms with van der Waals surface area (Å²) in [6.07, 6.45) is 5.64. The average molecular weight is 413 g/mol. The summed E-state index contributed by atoms with van der Waals surface area (Å²) in [7, 11) is 0. The predicted molar refractivity (Wildman–Crippen MR) is 116 cm³/mol. The number of aromatic amines is 1. The maximum Gasteiger partial charge on any atom is 0.313 e. The van der Waals surface area contributed by atoms with Crippen LogP contribution >= 0.6 is 0 Å². The molecule has 6 heteroatoms. The van der Waals surface area contributed by atoms with Gasteiger partial charge in [0.25, 0.3) is 0 Å². The van der Waals surface area contributed by atoms with Gasteiger partial charge < -0.3 is 15.0 Å². The van der Waals surface area contributed by atoms with Crippen LogP contribution in [0.3, 0.4) is 0 Å². The summed E-state index contributed by atoms with van der Waals surface area (Å²) >= 11 is 0. The van der Waals surface area contributed by atoms with Crippen molar-refractivity contribution in [2.24, 2.45) is 5.41 Å². The molecular weight excluding hydrogens is 380 g/mol. The number of carbonyl (C=O) groups excluding carboxylic acids is 3. The maximum absolute atomic E-state index is 12.9. The Kier molecular flexibility index (Phi) is 6.34. The number of Topliss-reactive ketones (excluding diaryl/α,β-unsaturated/α-hetero) is 1. The molecule has 3 rings (SSSR count). The summed E-state index contributed by atoms with van der Waals surface area (Å²) in [5.41, 5.74) is 1.42. The van der Waals surface area contributed by atoms with Crippen LogP contribution in [-0.2, 0) is 20.7 Å². The van der Waals surface area contributed by atoms with E-state index in [0.29, 0.717) is 18.4 Å². The number of nitrogens with one attached hydrogen (secondary N) is 2. The minimum absolute atomic E-state index is 0.101. The zero-order valence-corrected chi connectivity index (χ0v) is 18.4. The topological polar surface area (TPSA) is 88.3 Å². The molecule has 0 aliphatic heterocycles. The van der Waals surface area contributed by atoms with Crippen molar-refractivity contribution in [1.82, 2.24) is 10.3 Å². The van der Waals surface area contributed by atoms with E-state index in [1.54, 1.807) is 6.20 Å². The van der Waals surface area contributed by atoms with Gasteiger partial charge >= 0.3 is 5.97 Å². The molecule has 1 aliphatic rings. The Morgan fingerprint density at radius 3 is 2.50 bits per heavy atom. The molecule has 1 saturated carbocycles. The van der Waals surface area contributed by atoms with Crippen LogP contribution in [0.15, 0.2) is 24.4 Å². The number of para-hydroxylation sites is 1. The number of amides is 1. The number of carbonyl (C=O) groups is 3. The molecule has 0 saturated heterocycles. The summed E-state index contributed by atoms with van der Waals surface area (Å²) < 4.78 is 5.47. The lowest BCUT2D eigenvalue weighted by molar-refractivity contribution is -0.157. The van der Waals surface area contributed by atoms with Gasteiger partial charge in [0.1, 0.15) is 0 Å². The highest BCUT2D eigenvalue weighted by atomic mass is 16.5. The third-order valence-corrected chi connectivity index (χ3v) is 5.82. The van der Waals surface area contributed by atoms with E-state index >= 15 is 0 Å². The Morgan fingerprint density at radius 2 is 1.87 bits per heavy atom. The van der Waals surface area contributed by atoms with Crippen molar-refractivity contribution in [1.29, 1.82) is 0 Å². The van der Waals surface area contributed by atoms with Crippen LogP contribution in [0.4, 0.5) is 0 Å². The second kappa shape index (κ2) is 8.62. The molecule has 162 valence electrons. The largest absolute Gasteiger partial charge is 0.457 e. The number of hydrogen-bond acceptors (Lipinski definition) is 4. The third kappa shape index (κ3) is 4.74. The van der Waals surface area contributed by atoms with Gasteiger partial charge in [-0.25, -0.2) is 0 Å². The number of esters is 1. The summed E-state index contributed by atoms with van der Waals surface area (Å²) in [6.45, 7) is 7.48. The highest BCUT2D eigenvalue weighted by Gasteiger charge is 2.44. The van der Waals surface area contributed by atoms with Gasteiger partial charge in [-0.05, 0) is 45.6 Å². The quantitative estimate of drug-likeness (QED) is 0.524. The fraction of sp³-hybridized carbons (Fsp3) is 0.542. The number of aryl methyl sites for hydroxylation is 1. The number of aromatic nitrogens is 1. The van der Waals surface area contributed by atoms with Crippen LogP contribution in [0.2, 0.25) is 0 Å². The molecule has 2 aromatic rings. The lowest BCUT2D eigenvalue weighted by atomic mass is 9.82. The minimum Gasteiger partial charge on any atom is -0.457 e. The Labute approximate surface area is 177 Å². The monoisotopic (exact) mass is 412 g/mol. The second-order valence-electron chi connectivity index (χ2n) is 9.36. The number of H-pyrrole nitrogens is 1. The smallest absolute Gasteiger partial charge is 0.313 e. The van der Waals surface area contributed by atoms with E-state index in [4.69, 9.17) is 4.74 Å². The Balaban J connectivity index is 1.69. The number of rotatable bonds is 7. The van der Waals surface area contributed by atoms with Crippen molar-refractivity contribution >= 4 is 28.6 Å². The van der Waals surface area contributed by atoms with E-state index in [1.807, 2.05) is 39.0 Å². The molecule has 1 fully saturated rings. The molecular formula is C24H32N2O4. The van der Waals surface area contributed by atoms with E-state index in [-0.39, 0.29) is 30.3 Å². The van der Waals surface area contributed by atoms with E-state index in [2.05, 4.69) is 17.2 Å². The van der Waals surface area contributed by atoms with Crippen molar-refractivity contribution in [2.45, 2.75) is 71.8 Å². The SMILES string of the molecule is CCc1cccc2c(C(=O)COC(=O)C3(CC(=O)NC(C)(C)C)CCCC3)c[nH]c12. The van der Waals surface area contributed by atoms with Gasteiger partial charge in [-0.2, -0.15) is 0 Å². The van der Waals surface area contributed by atoms with Crippen molar-refractivity contribution in [3.05, 3.63) is 35.5 Å². The third-order valence-electron chi connectivity index (χ3n) is 5.82. The first-order chi connectivity index (χ1) is 14.1. The van der Waals surface area contributed by atoms with E-state index in [9.17, 15) is 14.4 Å². The zero-order chi connectivity index (χ0) is 21.9. The van der Waals surface area contributed by atoms with Crippen LogP contribution in [-0.4, -0.2) is 34.8 Å². The maximum atomic E-state index is 12.9. The fourth-order valence-electron chi connectivity index (χ4n) is 4.38. The van der Waals surface area contributed by atoms with Crippen LogP contribution in [0, 0.1) is 5.41 Å². The Hall–Kier alpha value is -2.63. The predicted octanol–water partition coefficient (Wildman–Crippen LogP) is 4.32. The van der Waals surface area contributed by atoms with Gasteiger partial charge in [-0.3, -0.25) is 14.4 Å². The van der Waals surface area contributed by atoms with E-state index in [1.165, 1.54) is 0 Å². The molecule has 2 N–H and O–H groups in total. The second-order valence-corrected chi connectivity index (χ2v) is 9.36. The normalized spacial score (nSPS) is 15.9. The van der Waals surface area contributed by atoms with E-state index < -0.39 is 11.4 Å². The zero-order valence-electron chi connectivity index (χ0n) is 18.4. The molecule has 30 heavy (non-hydrogen) atoms. The first-order valence-corrected chi connectivity index (χ1v) is 10.8. The number of hydrogen-bond donors (Lipinski definition) is 2. The van der Waals surface area contributed by atoms with Crippen LogP contribution in [0.5, 0.6) is 0 Å². The molecule has 1 aliphatic carbocycles. The molecule has 0 radical (unpaired) electrons. The molecule has 0 atom stereocenters. The summed E-state index contributed by atoms with van der Waals surface area (Å²) in [4.78, 5) is 41.4.